The number of hydrogen-bond acceptors (Lipinski definition) is 8. The number of carbonyl (C=O) groups excluding carboxylic acids is 1. The van der Waals surface area contributed by atoms with E-state index in [2.05, 4.69) is 25.5 Å². The molecule has 2 heterocycles. The van der Waals surface area contributed by atoms with Crippen molar-refractivity contribution in [1.82, 2.24) is 20.2 Å². The minimum absolute atomic E-state index is 0.189. The van der Waals surface area contributed by atoms with Gasteiger partial charge in [0.05, 0.1) is 5.56 Å². The van der Waals surface area contributed by atoms with E-state index in [1.54, 1.807) is 6.08 Å². The summed E-state index contributed by atoms with van der Waals surface area (Å²) in [6.45, 7) is 5.93. The molecule has 1 aliphatic rings. The van der Waals surface area contributed by atoms with Crippen molar-refractivity contribution in [3.8, 4) is 28.7 Å². The van der Waals surface area contributed by atoms with E-state index in [-0.39, 0.29) is 11.5 Å². The van der Waals surface area contributed by atoms with Gasteiger partial charge in [-0.25, -0.2) is 9.97 Å². The van der Waals surface area contributed by atoms with Crippen molar-refractivity contribution < 1.29 is 9.53 Å². The van der Waals surface area contributed by atoms with Gasteiger partial charge in [0.1, 0.15) is 41.1 Å². The number of hydrogen-bond donors (Lipinski definition) is 3. The molecule has 9 heteroatoms. The van der Waals surface area contributed by atoms with Gasteiger partial charge in [-0.1, -0.05) is 36.4 Å². The minimum atomic E-state index is -0.300. The molecule has 1 aliphatic heterocycles. The van der Waals surface area contributed by atoms with Crippen molar-refractivity contribution in [1.29, 1.82) is 5.26 Å². The third kappa shape index (κ3) is 7.79. The Hall–Kier alpha value is -4.42. The van der Waals surface area contributed by atoms with E-state index in [0.29, 0.717) is 24.7 Å². The number of nitrogens with two attached hydrogens (primary N) is 1. The number of aromatic nitrogens is 2. The minimum Gasteiger partial charge on any atom is -0.457 e. The summed E-state index contributed by atoms with van der Waals surface area (Å²) in [5, 5.41) is 15.4. The van der Waals surface area contributed by atoms with Gasteiger partial charge in [0, 0.05) is 19.6 Å². The summed E-state index contributed by atoms with van der Waals surface area (Å²) >= 11 is 0. The Morgan fingerprint density at radius 1 is 1.13 bits per heavy atom. The van der Waals surface area contributed by atoms with E-state index in [4.69, 9.17) is 10.5 Å². The SMILES string of the molecule is CCNC(=O)C(C#N)=CCCN1CCC(CNc2ncnc(N)c2-c2ccc(Oc3ccccc3)cc2)CC1. The number of amides is 1. The first-order chi connectivity index (χ1) is 19.1. The van der Waals surface area contributed by atoms with E-state index in [1.165, 1.54) is 6.33 Å². The third-order valence-corrected chi connectivity index (χ3v) is 6.76. The maximum absolute atomic E-state index is 11.9. The summed E-state index contributed by atoms with van der Waals surface area (Å²) in [5.74, 6) is 2.88. The van der Waals surface area contributed by atoms with E-state index in [9.17, 15) is 10.1 Å². The molecule has 0 spiro atoms. The van der Waals surface area contributed by atoms with Crippen LogP contribution in [0.1, 0.15) is 26.2 Å². The van der Waals surface area contributed by atoms with Gasteiger partial charge >= 0.3 is 0 Å². The van der Waals surface area contributed by atoms with Gasteiger partial charge in [-0.15, -0.1) is 0 Å². The second-order valence-corrected chi connectivity index (χ2v) is 9.47. The molecule has 9 nitrogen and oxygen atoms in total. The number of benzene rings is 2. The number of likely N-dealkylation sites (tertiary alicyclic amines) is 1. The number of nitrogen functional groups attached to an aromatic ring is 1. The molecule has 0 atom stereocenters. The maximum Gasteiger partial charge on any atom is 0.261 e. The molecular formula is C30H35N7O2. The third-order valence-electron chi connectivity index (χ3n) is 6.76. The summed E-state index contributed by atoms with van der Waals surface area (Å²) < 4.78 is 5.91. The zero-order chi connectivity index (χ0) is 27.5. The first kappa shape index (κ1) is 27.6. The van der Waals surface area contributed by atoms with Crippen LogP contribution in [-0.4, -0.2) is 53.5 Å². The topological polar surface area (TPSA) is 129 Å². The number of nitrogens with zero attached hydrogens (tertiary/aromatic N) is 4. The van der Waals surface area contributed by atoms with Crippen LogP contribution in [0.3, 0.4) is 0 Å². The number of rotatable bonds is 11. The highest BCUT2D eigenvalue weighted by atomic mass is 16.5. The van der Waals surface area contributed by atoms with Gasteiger partial charge in [0.25, 0.3) is 5.91 Å². The van der Waals surface area contributed by atoms with E-state index in [1.807, 2.05) is 67.6 Å². The predicted octanol–water partition coefficient (Wildman–Crippen LogP) is 4.62. The number of ether oxygens (including phenoxy) is 1. The van der Waals surface area contributed by atoms with E-state index < -0.39 is 0 Å². The Kier molecular flexibility index (Phi) is 9.86. The molecule has 0 saturated carbocycles. The molecule has 1 saturated heterocycles. The average molecular weight is 526 g/mol. The Bertz CT molecular complexity index is 1300. The lowest BCUT2D eigenvalue weighted by Crippen LogP contribution is -2.36. The Labute approximate surface area is 229 Å². The summed E-state index contributed by atoms with van der Waals surface area (Å²) in [4.78, 5) is 22.9. The Morgan fingerprint density at radius 3 is 2.54 bits per heavy atom. The van der Waals surface area contributed by atoms with Crippen LogP contribution in [0.2, 0.25) is 0 Å². The van der Waals surface area contributed by atoms with Crippen molar-refractivity contribution in [2.45, 2.75) is 26.2 Å². The van der Waals surface area contributed by atoms with Gasteiger partial charge < -0.3 is 26.0 Å². The molecule has 39 heavy (non-hydrogen) atoms. The summed E-state index contributed by atoms with van der Waals surface area (Å²) in [7, 11) is 0. The number of nitriles is 1. The number of carbonyl (C=O) groups is 1. The van der Waals surface area contributed by atoms with Gasteiger partial charge in [-0.05, 0) is 75.0 Å². The lowest BCUT2D eigenvalue weighted by atomic mass is 9.96. The fourth-order valence-corrected chi connectivity index (χ4v) is 4.62. The molecule has 4 N–H and O–H groups in total. The highest BCUT2D eigenvalue weighted by Gasteiger charge is 2.20. The average Bonchev–Trinajstić information content (AvgIpc) is 2.96. The molecule has 0 unspecified atom stereocenters. The van der Waals surface area contributed by atoms with Crippen molar-refractivity contribution >= 4 is 17.5 Å². The highest BCUT2D eigenvalue weighted by Crippen LogP contribution is 2.33. The predicted molar refractivity (Wildman–Crippen MR) is 153 cm³/mol. The van der Waals surface area contributed by atoms with Gasteiger partial charge in [-0.2, -0.15) is 5.26 Å². The van der Waals surface area contributed by atoms with Crippen LogP contribution in [0.4, 0.5) is 11.6 Å². The smallest absolute Gasteiger partial charge is 0.261 e. The van der Waals surface area contributed by atoms with Crippen LogP contribution in [0.5, 0.6) is 11.5 Å². The lowest BCUT2D eigenvalue weighted by Gasteiger charge is -2.32. The van der Waals surface area contributed by atoms with Crippen molar-refractivity contribution in [3.63, 3.8) is 0 Å². The number of anilines is 2. The quantitative estimate of drug-likeness (QED) is 0.244. The van der Waals surface area contributed by atoms with Gasteiger partial charge in [0.2, 0.25) is 0 Å². The van der Waals surface area contributed by atoms with Gasteiger partial charge in [0.15, 0.2) is 0 Å². The largest absolute Gasteiger partial charge is 0.457 e. The zero-order valence-electron chi connectivity index (χ0n) is 22.3. The van der Waals surface area contributed by atoms with Crippen LogP contribution in [0.15, 0.2) is 72.6 Å². The first-order valence-electron chi connectivity index (χ1n) is 13.4. The van der Waals surface area contributed by atoms with Crippen LogP contribution in [-0.2, 0) is 4.79 Å². The van der Waals surface area contributed by atoms with E-state index in [0.717, 1.165) is 67.5 Å². The van der Waals surface area contributed by atoms with Crippen molar-refractivity contribution in [2.75, 3.05) is 43.8 Å². The molecule has 2 aromatic carbocycles. The molecule has 1 fully saturated rings. The monoisotopic (exact) mass is 525 g/mol. The van der Waals surface area contributed by atoms with Crippen LogP contribution < -0.4 is 21.1 Å². The molecule has 4 rings (SSSR count). The highest BCUT2D eigenvalue weighted by molar-refractivity contribution is 5.97. The number of likely N-dealkylation sites (N-methyl/N-ethyl adjacent to an activating group) is 1. The lowest BCUT2D eigenvalue weighted by molar-refractivity contribution is -0.117. The van der Waals surface area contributed by atoms with Crippen molar-refractivity contribution in [3.05, 3.63) is 72.6 Å². The van der Waals surface area contributed by atoms with Crippen molar-refractivity contribution in [2.24, 2.45) is 5.92 Å². The number of piperidine rings is 1. The fourth-order valence-electron chi connectivity index (χ4n) is 4.62. The van der Waals surface area contributed by atoms with Gasteiger partial charge in [-0.3, -0.25) is 4.79 Å². The second-order valence-electron chi connectivity index (χ2n) is 9.47. The fraction of sp³-hybridized carbons (Fsp3) is 0.333. The number of para-hydroxylation sites is 1. The molecule has 3 aromatic rings. The van der Waals surface area contributed by atoms with E-state index >= 15 is 0 Å². The first-order valence-corrected chi connectivity index (χ1v) is 13.4. The normalized spacial score (nSPS) is 14.4. The summed E-state index contributed by atoms with van der Waals surface area (Å²) in [6.07, 6.45) is 6.02. The Balaban J connectivity index is 1.29. The van der Waals surface area contributed by atoms with Crippen LogP contribution in [0.25, 0.3) is 11.1 Å². The summed E-state index contributed by atoms with van der Waals surface area (Å²) in [5.41, 5.74) is 8.17. The molecule has 202 valence electrons. The Morgan fingerprint density at radius 2 is 1.85 bits per heavy atom. The molecule has 1 amide bonds. The van der Waals surface area contributed by atoms with Crippen LogP contribution >= 0.6 is 0 Å². The number of nitrogens with one attached hydrogen (secondary N) is 2. The molecule has 0 aliphatic carbocycles. The maximum atomic E-state index is 11.9. The molecule has 1 aromatic heterocycles. The molecule has 0 bridgehead atoms. The zero-order valence-corrected chi connectivity index (χ0v) is 22.3. The second kappa shape index (κ2) is 13.9. The molecular weight excluding hydrogens is 490 g/mol. The summed E-state index contributed by atoms with van der Waals surface area (Å²) in [6, 6.07) is 19.4. The molecule has 0 radical (unpaired) electrons. The standard InChI is InChI=1S/C30H35N7O2/c1-2-33-30(38)24(19-31)7-6-16-37-17-14-22(15-18-37)20-34-29-27(28(32)35-21-36-29)23-10-12-26(13-11-23)39-25-8-4-3-5-9-25/h3-5,7-13,21-22H,2,6,14-18,20H2,1H3,(H,33,38)(H3,32,34,35,36). The van der Waals surface area contributed by atoms with Crippen LogP contribution in [0, 0.1) is 17.2 Å².